The molecule has 2 atom stereocenters. The van der Waals surface area contributed by atoms with Gasteiger partial charge >= 0.3 is 6.09 Å². The fraction of sp³-hybridized carbons (Fsp3) is 0.536. The van der Waals surface area contributed by atoms with Crippen molar-refractivity contribution in [2.75, 3.05) is 26.7 Å². The molecule has 3 fully saturated rings. The van der Waals surface area contributed by atoms with Gasteiger partial charge in [0.1, 0.15) is 11.9 Å². The van der Waals surface area contributed by atoms with Gasteiger partial charge in [-0.1, -0.05) is 45.0 Å². The molecule has 3 aliphatic heterocycles. The van der Waals surface area contributed by atoms with Gasteiger partial charge in [-0.2, -0.15) is 0 Å². The van der Waals surface area contributed by atoms with E-state index in [2.05, 4.69) is 67.4 Å². The summed E-state index contributed by atoms with van der Waals surface area (Å²) in [5, 5.41) is 3.23. The van der Waals surface area contributed by atoms with E-state index in [0.717, 1.165) is 62.2 Å². The van der Waals surface area contributed by atoms with E-state index >= 15 is 0 Å². The van der Waals surface area contributed by atoms with E-state index in [1.165, 1.54) is 16.7 Å². The van der Waals surface area contributed by atoms with E-state index in [1.807, 2.05) is 0 Å². The number of aryl methyl sites for hydroxylation is 1. The molecule has 2 aromatic rings. The van der Waals surface area contributed by atoms with E-state index in [0.29, 0.717) is 5.92 Å². The summed E-state index contributed by atoms with van der Waals surface area (Å²) in [6.07, 6.45) is 3.89. The number of fused-ring (bicyclic) bond motifs is 4. The number of ether oxygens (including phenoxy) is 2. The molecule has 33 heavy (non-hydrogen) atoms. The second-order valence-electron chi connectivity index (χ2n) is 10.6. The van der Waals surface area contributed by atoms with Gasteiger partial charge in [0.15, 0.2) is 0 Å². The third kappa shape index (κ3) is 4.23. The highest BCUT2D eigenvalue weighted by molar-refractivity contribution is 5.74. The SMILES string of the molecule is CCc1cccc(-c2cc3c(cc2OC)C(NC(=O)O[C@H]2CN4CCC2CC4)C(C)(C)C3)c1. The van der Waals surface area contributed by atoms with Gasteiger partial charge in [-0.3, -0.25) is 4.90 Å². The maximum atomic E-state index is 13.0. The monoisotopic (exact) mass is 448 g/mol. The predicted octanol–water partition coefficient (Wildman–Crippen LogP) is 5.37. The number of rotatable bonds is 5. The lowest BCUT2D eigenvalue weighted by Gasteiger charge is -2.44. The van der Waals surface area contributed by atoms with Crippen molar-refractivity contribution in [3.63, 3.8) is 0 Å². The highest BCUT2D eigenvalue weighted by Gasteiger charge is 2.42. The molecular formula is C28H36N2O3. The molecule has 2 aromatic carbocycles. The summed E-state index contributed by atoms with van der Waals surface area (Å²) in [7, 11) is 1.72. The van der Waals surface area contributed by atoms with Crippen LogP contribution in [0.2, 0.25) is 0 Å². The van der Waals surface area contributed by atoms with Crippen LogP contribution in [0.25, 0.3) is 11.1 Å². The number of hydrogen-bond acceptors (Lipinski definition) is 4. The Bertz CT molecular complexity index is 1040. The summed E-state index contributed by atoms with van der Waals surface area (Å²) in [6.45, 7) is 9.76. The topological polar surface area (TPSA) is 50.8 Å². The van der Waals surface area contributed by atoms with Gasteiger partial charge < -0.3 is 14.8 Å². The minimum atomic E-state index is -0.293. The third-order valence-corrected chi connectivity index (χ3v) is 7.96. The standard InChI is InChI=1S/C28H36N2O3/c1-5-18-7-6-8-20(13-18)22-14-21-16-28(2,3)26(23(21)15-24(22)32-4)29-27(31)33-25-17-30-11-9-19(25)10-12-30/h6-8,13-15,19,25-26H,5,9-12,16-17H2,1-4H3,(H,29,31)/t25-,26?/m0/s1. The van der Waals surface area contributed by atoms with Gasteiger partial charge in [0, 0.05) is 12.1 Å². The van der Waals surface area contributed by atoms with Crippen LogP contribution in [-0.4, -0.2) is 43.8 Å². The van der Waals surface area contributed by atoms with Gasteiger partial charge in [-0.15, -0.1) is 0 Å². The zero-order valence-electron chi connectivity index (χ0n) is 20.3. The van der Waals surface area contributed by atoms with Gasteiger partial charge in [-0.25, -0.2) is 4.79 Å². The molecular weight excluding hydrogens is 412 g/mol. The van der Waals surface area contributed by atoms with Crippen molar-refractivity contribution in [1.82, 2.24) is 10.2 Å². The Labute approximate surface area is 197 Å². The van der Waals surface area contributed by atoms with Crippen LogP contribution in [0.4, 0.5) is 4.79 Å². The summed E-state index contributed by atoms with van der Waals surface area (Å²) >= 11 is 0. The minimum Gasteiger partial charge on any atom is -0.496 e. The number of piperidine rings is 3. The quantitative estimate of drug-likeness (QED) is 0.668. The van der Waals surface area contributed by atoms with E-state index in [4.69, 9.17) is 9.47 Å². The molecule has 0 saturated carbocycles. The van der Waals surface area contributed by atoms with Crippen molar-refractivity contribution in [2.24, 2.45) is 11.3 Å². The number of carbonyl (C=O) groups excluding carboxylic acids is 1. The van der Waals surface area contributed by atoms with Gasteiger partial charge in [0.25, 0.3) is 0 Å². The molecule has 5 heteroatoms. The van der Waals surface area contributed by atoms with E-state index < -0.39 is 0 Å². The second kappa shape index (κ2) is 8.68. The fourth-order valence-electron chi connectivity index (χ4n) is 6.04. The molecule has 0 aromatic heterocycles. The smallest absolute Gasteiger partial charge is 0.407 e. The normalized spacial score (nSPS) is 27.2. The maximum absolute atomic E-state index is 13.0. The number of alkyl carbamates (subject to hydrolysis) is 1. The molecule has 3 saturated heterocycles. The molecule has 3 heterocycles. The van der Waals surface area contributed by atoms with Crippen LogP contribution in [0.1, 0.15) is 56.3 Å². The third-order valence-electron chi connectivity index (χ3n) is 7.96. The Hall–Kier alpha value is -2.53. The number of nitrogens with one attached hydrogen (secondary N) is 1. The Morgan fingerprint density at radius 3 is 2.64 bits per heavy atom. The molecule has 4 aliphatic rings. The number of hydrogen-bond donors (Lipinski definition) is 1. The van der Waals surface area contributed by atoms with Crippen LogP contribution < -0.4 is 10.1 Å². The van der Waals surface area contributed by atoms with Crippen LogP contribution in [0.5, 0.6) is 5.75 Å². The van der Waals surface area contributed by atoms with Crippen molar-refractivity contribution < 1.29 is 14.3 Å². The van der Waals surface area contributed by atoms with Crippen LogP contribution in [0.15, 0.2) is 36.4 Å². The number of methoxy groups -OCH3 is 1. The molecule has 6 rings (SSSR count). The zero-order chi connectivity index (χ0) is 23.2. The number of benzene rings is 2. The Balaban J connectivity index is 1.39. The first kappa shape index (κ1) is 22.3. The molecule has 5 nitrogen and oxygen atoms in total. The fourth-order valence-corrected chi connectivity index (χ4v) is 6.04. The summed E-state index contributed by atoms with van der Waals surface area (Å²) in [5.74, 6) is 1.35. The Kier molecular flexibility index (Phi) is 5.86. The van der Waals surface area contributed by atoms with Crippen LogP contribution in [0.3, 0.4) is 0 Å². The summed E-state index contributed by atoms with van der Waals surface area (Å²) in [6, 6.07) is 12.9. The predicted molar refractivity (Wildman–Crippen MR) is 131 cm³/mol. The molecule has 1 amide bonds. The summed E-state index contributed by atoms with van der Waals surface area (Å²) in [5.41, 5.74) is 5.89. The van der Waals surface area contributed by atoms with Crippen molar-refractivity contribution in [1.29, 1.82) is 0 Å². The lowest BCUT2D eigenvalue weighted by Crippen LogP contribution is -2.53. The summed E-state index contributed by atoms with van der Waals surface area (Å²) < 4.78 is 11.8. The summed E-state index contributed by atoms with van der Waals surface area (Å²) in [4.78, 5) is 15.4. The average Bonchev–Trinajstić information content (AvgIpc) is 3.07. The number of amides is 1. The van der Waals surface area contributed by atoms with Crippen LogP contribution in [0, 0.1) is 11.3 Å². The Morgan fingerprint density at radius 1 is 1.18 bits per heavy atom. The first-order valence-electron chi connectivity index (χ1n) is 12.4. The molecule has 2 bridgehead atoms. The first-order valence-corrected chi connectivity index (χ1v) is 12.4. The van der Waals surface area contributed by atoms with E-state index in [-0.39, 0.29) is 23.7 Å². The van der Waals surface area contributed by atoms with Crippen molar-refractivity contribution >= 4 is 6.09 Å². The van der Waals surface area contributed by atoms with Crippen molar-refractivity contribution in [3.8, 4) is 16.9 Å². The highest BCUT2D eigenvalue weighted by Crippen LogP contribution is 2.48. The first-order chi connectivity index (χ1) is 15.9. The second-order valence-corrected chi connectivity index (χ2v) is 10.6. The molecule has 0 spiro atoms. The molecule has 1 unspecified atom stereocenters. The average molecular weight is 449 g/mol. The van der Waals surface area contributed by atoms with Crippen molar-refractivity contribution in [2.45, 2.75) is 58.6 Å². The largest absolute Gasteiger partial charge is 0.496 e. The molecule has 176 valence electrons. The lowest BCUT2D eigenvalue weighted by atomic mass is 9.85. The van der Waals surface area contributed by atoms with Gasteiger partial charge in [-0.05, 0) is 84.5 Å². The molecule has 1 N–H and O–H groups in total. The van der Waals surface area contributed by atoms with E-state index in [1.54, 1.807) is 7.11 Å². The molecule has 0 radical (unpaired) electrons. The van der Waals surface area contributed by atoms with E-state index in [9.17, 15) is 4.79 Å². The zero-order valence-corrected chi connectivity index (χ0v) is 20.3. The number of carbonyl (C=O) groups is 1. The molecule has 1 aliphatic carbocycles. The lowest BCUT2D eigenvalue weighted by molar-refractivity contribution is -0.0349. The maximum Gasteiger partial charge on any atom is 0.407 e. The number of nitrogens with zero attached hydrogens (tertiary/aromatic N) is 1. The Morgan fingerprint density at radius 2 is 1.97 bits per heavy atom. The highest BCUT2D eigenvalue weighted by atomic mass is 16.6. The van der Waals surface area contributed by atoms with Crippen LogP contribution >= 0.6 is 0 Å². The van der Waals surface area contributed by atoms with Gasteiger partial charge in [0.2, 0.25) is 0 Å². The van der Waals surface area contributed by atoms with Crippen molar-refractivity contribution in [3.05, 3.63) is 53.1 Å². The van der Waals surface area contributed by atoms with Crippen LogP contribution in [-0.2, 0) is 17.6 Å². The van der Waals surface area contributed by atoms with Gasteiger partial charge in [0.05, 0.1) is 13.2 Å². The minimum absolute atomic E-state index is 0.0132.